The molecule has 14 heavy (non-hydrogen) atoms. The minimum Gasteiger partial charge on any atom is -0.356 e. The van der Waals surface area contributed by atoms with Crippen LogP contribution in [-0.4, -0.2) is 19.0 Å². The van der Waals surface area contributed by atoms with Gasteiger partial charge in [-0.15, -0.1) is 0 Å². The van der Waals surface area contributed by atoms with Crippen LogP contribution in [-0.2, 0) is 4.79 Å². The molecule has 0 radical (unpaired) electrons. The zero-order chi connectivity index (χ0) is 10.6. The van der Waals surface area contributed by atoms with E-state index >= 15 is 0 Å². The molecule has 3 heteroatoms. The Labute approximate surface area is 86.8 Å². The SMILES string of the molecule is CC/C=C\CC(=O)NCCCCCN. The van der Waals surface area contributed by atoms with Gasteiger partial charge in [-0.25, -0.2) is 0 Å². The summed E-state index contributed by atoms with van der Waals surface area (Å²) in [5.41, 5.74) is 5.36. The van der Waals surface area contributed by atoms with Crippen molar-refractivity contribution < 1.29 is 4.79 Å². The lowest BCUT2D eigenvalue weighted by molar-refractivity contribution is -0.120. The first kappa shape index (κ1) is 13.2. The number of rotatable bonds is 8. The molecule has 0 unspecified atom stereocenters. The van der Waals surface area contributed by atoms with Gasteiger partial charge in [-0.3, -0.25) is 4.79 Å². The summed E-state index contributed by atoms with van der Waals surface area (Å²) in [6.45, 7) is 3.58. The van der Waals surface area contributed by atoms with E-state index in [0.29, 0.717) is 6.42 Å². The van der Waals surface area contributed by atoms with Crippen LogP contribution in [0.15, 0.2) is 12.2 Å². The van der Waals surface area contributed by atoms with Gasteiger partial charge in [0.1, 0.15) is 0 Å². The summed E-state index contributed by atoms with van der Waals surface area (Å²) in [7, 11) is 0. The maximum atomic E-state index is 11.2. The number of hydrogen-bond donors (Lipinski definition) is 2. The standard InChI is InChI=1S/C11H22N2O/c1-2-3-5-8-11(14)13-10-7-4-6-9-12/h3,5H,2,4,6-10,12H2,1H3,(H,13,14)/b5-3-. The molecule has 3 nitrogen and oxygen atoms in total. The van der Waals surface area contributed by atoms with Crippen LogP contribution >= 0.6 is 0 Å². The lowest BCUT2D eigenvalue weighted by Gasteiger charge is -2.02. The lowest BCUT2D eigenvalue weighted by atomic mass is 10.2. The van der Waals surface area contributed by atoms with Crippen LogP contribution in [0.5, 0.6) is 0 Å². The monoisotopic (exact) mass is 198 g/mol. The van der Waals surface area contributed by atoms with E-state index in [1.807, 2.05) is 12.2 Å². The van der Waals surface area contributed by atoms with Gasteiger partial charge in [0.2, 0.25) is 5.91 Å². The number of nitrogens with two attached hydrogens (primary N) is 1. The van der Waals surface area contributed by atoms with E-state index in [-0.39, 0.29) is 5.91 Å². The summed E-state index contributed by atoms with van der Waals surface area (Å²) in [6.07, 6.45) is 8.59. The van der Waals surface area contributed by atoms with Crippen LogP contribution < -0.4 is 11.1 Å². The van der Waals surface area contributed by atoms with Crippen LogP contribution in [0.1, 0.15) is 39.0 Å². The lowest BCUT2D eigenvalue weighted by Crippen LogP contribution is -2.23. The molecule has 0 aliphatic carbocycles. The van der Waals surface area contributed by atoms with E-state index in [0.717, 1.165) is 38.8 Å². The highest BCUT2D eigenvalue weighted by Crippen LogP contribution is 1.92. The zero-order valence-corrected chi connectivity index (χ0v) is 9.09. The Hall–Kier alpha value is -0.830. The molecule has 0 saturated heterocycles. The normalized spacial score (nSPS) is 10.7. The zero-order valence-electron chi connectivity index (χ0n) is 9.09. The van der Waals surface area contributed by atoms with Gasteiger partial charge in [-0.2, -0.15) is 0 Å². The van der Waals surface area contributed by atoms with Gasteiger partial charge in [0, 0.05) is 13.0 Å². The molecule has 0 bridgehead atoms. The summed E-state index contributed by atoms with van der Waals surface area (Å²) in [5, 5.41) is 2.87. The number of carbonyl (C=O) groups is 1. The van der Waals surface area contributed by atoms with Crippen molar-refractivity contribution in [1.82, 2.24) is 5.32 Å². The fourth-order valence-corrected chi connectivity index (χ4v) is 1.10. The van der Waals surface area contributed by atoms with Crippen molar-refractivity contribution in [3.8, 4) is 0 Å². The molecular formula is C11H22N2O. The first-order valence-corrected chi connectivity index (χ1v) is 5.43. The number of nitrogens with one attached hydrogen (secondary N) is 1. The first-order valence-electron chi connectivity index (χ1n) is 5.43. The summed E-state index contributed by atoms with van der Waals surface area (Å²) >= 11 is 0. The second-order valence-corrected chi connectivity index (χ2v) is 3.28. The van der Waals surface area contributed by atoms with Crippen molar-refractivity contribution in [3.63, 3.8) is 0 Å². The van der Waals surface area contributed by atoms with Gasteiger partial charge in [0.15, 0.2) is 0 Å². The Morgan fingerprint density at radius 1 is 1.29 bits per heavy atom. The van der Waals surface area contributed by atoms with Crippen molar-refractivity contribution >= 4 is 5.91 Å². The Bertz CT molecular complexity index is 167. The van der Waals surface area contributed by atoms with Crippen LogP contribution in [0, 0.1) is 0 Å². The van der Waals surface area contributed by atoms with E-state index in [1.165, 1.54) is 0 Å². The fourth-order valence-electron chi connectivity index (χ4n) is 1.10. The Morgan fingerprint density at radius 2 is 2.07 bits per heavy atom. The summed E-state index contributed by atoms with van der Waals surface area (Å²) in [5.74, 6) is 0.113. The van der Waals surface area contributed by atoms with Crippen molar-refractivity contribution in [2.45, 2.75) is 39.0 Å². The molecule has 0 spiro atoms. The fraction of sp³-hybridized carbons (Fsp3) is 0.727. The van der Waals surface area contributed by atoms with Crippen LogP contribution in [0.3, 0.4) is 0 Å². The average molecular weight is 198 g/mol. The summed E-state index contributed by atoms with van der Waals surface area (Å²) < 4.78 is 0. The van der Waals surface area contributed by atoms with Gasteiger partial charge in [0.25, 0.3) is 0 Å². The number of hydrogen-bond acceptors (Lipinski definition) is 2. The third-order valence-electron chi connectivity index (χ3n) is 1.91. The molecule has 0 aromatic rings. The van der Waals surface area contributed by atoms with Crippen LogP contribution in [0.4, 0.5) is 0 Å². The minimum absolute atomic E-state index is 0.113. The topological polar surface area (TPSA) is 55.1 Å². The molecule has 82 valence electrons. The predicted octanol–water partition coefficient (Wildman–Crippen LogP) is 1.59. The molecule has 0 aliphatic heterocycles. The van der Waals surface area contributed by atoms with Gasteiger partial charge in [-0.05, 0) is 25.8 Å². The summed E-state index contributed by atoms with van der Waals surface area (Å²) in [4.78, 5) is 11.2. The second-order valence-electron chi connectivity index (χ2n) is 3.28. The van der Waals surface area contributed by atoms with Gasteiger partial charge >= 0.3 is 0 Å². The Morgan fingerprint density at radius 3 is 2.71 bits per heavy atom. The van der Waals surface area contributed by atoms with Crippen molar-refractivity contribution in [3.05, 3.63) is 12.2 Å². The quantitative estimate of drug-likeness (QED) is 0.459. The molecule has 0 fully saturated rings. The van der Waals surface area contributed by atoms with E-state index in [2.05, 4.69) is 12.2 Å². The second kappa shape index (κ2) is 10.3. The number of unbranched alkanes of at least 4 members (excludes halogenated alkanes) is 2. The van der Waals surface area contributed by atoms with Crippen molar-refractivity contribution in [1.29, 1.82) is 0 Å². The van der Waals surface area contributed by atoms with E-state index in [9.17, 15) is 4.79 Å². The highest BCUT2D eigenvalue weighted by Gasteiger charge is 1.95. The smallest absolute Gasteiger partial charge is 0.223 e. The van der Waals surface area contributed by atoms with E-state index < -0.39 is 0 Å². The highest BCUT2D eigenvalue weighted by atomic mass is 16.1. The maximum absolute atomic E-state index is 11.2. The van der Waals surface area contributed by atoms with Crippen LogP contribution in [0.25, 0.3) is 0 Å². The van der Waals surface area contributed by atoms with Crippen molar-refractivity contribution in [2.75, 3.05) is 13.1 Å². The molecule has 0 rings (SSSR count). The summed E-state index contributed by atoms with van der Waals surface area (Å²) in [6, 6.07) is 0. The third kappa shape index (κ3) is 9.26. The molecule has 3 N–H and O–H groups in total. The third-order valence-corrected chi connectivity index (χ3v) is 1.91. The van der Waals surface area contributed by atoms with Gasteiger partial charge in [0.05, 0.1) is 0 Å². The van der Waals surface area contributed by atoms with E-state index in [1.54, 1.807) is 0 Å². The van der Waals surface area contributed by atoms with Gasteiger partial charge < -0.3 is 11.1 Å². The molecule has 0 aromatic carbocycles. The van der Waals surface area contributed by atoms with Crippen molar-refractivity contribution in [2.24, 2.45) is 5.73 Å². The van der Waals surface area contributed by atoms with E-state index in [4.69, 9.17) is 5.73 Å². The van der Waals surface area contributed by atoms with Crippen LogP contribution in [0.2, 0.25) is 0 Å². The number of carbonyl (C=O) groups excluding carboxylic acids is 1. The molecule has 0 atom stereocenters. The molecule has 0 heterocycles. The average Bonchev–Trinajstić information content (AvgIpc) is 2.18. The molecule has 1 amide bonds. The number of amides is 1. The Kier molecular flexibility index (Phi) is 9.64. The molecule has 0 saturated carbocycles. The highest BCUT2D eigenvalue weighted by molar-refractivity contribution is 5.77. The molecule has 0 aromatic heterocycles. The molecule has 0 aliphatic rings. The minimum atomic E-state index is 0.113. The maximum Gasteiger partial charge on any atom is 0.223 e. The first-order chi connectivity index (χ1) is 6.81. The number of allylic oxidation sites excluding steroid dienone is 1. The van der Waals surface area contributed by atoms with Gasteiger partial charge in [-0.1, -0.05) is 25.5 Å². The largest absolute Gasteiger partial charge is 0.356 e. The molecular weight excluding hydrogens is 176 g/mol. The Balaban J connectivity index is 3.22. The predicted molar refractivity (Wildman–Crippen MR) is 60.0 cm³/mol.